The molecule has 0 aliphatic carbocycles. The number of nitrogens with zero attached hydrogens (tertiary/aromatic N) is 2. The molecule has 0 spiro atoms. The van der Waals surface area contributed by atoms with E-state index in [0.717, 1.165) is 25.3 Å². The van der Waals surface area contributed by atoms with Gasteiger partial charge in [0.1, 0.15) is 11.4 Å². The molecule has 2 N–H and O–H groups in total. The van der Waals surface area contributed by atoms with Crippen LogP contribution in [-0.4, -0.2) is 46.6 Å². The second-order valence-electron chi connectivity index (χ2n) is 4.37. The van der Waals surface area contributed by atoms with E-state index in [1.807, 2.05) is 13.1 Å². The van der Waals surface area contributed by atoms with Crippen molar-refractivity contribution in [3.8, 4) is 0 Å². The van der Waals surface area contributed by atoms with Gasteiger partial charge in [-0.2, -0.15) is 0 Å². The van der Waals surface area contributed by atoms with Crippen LogP contribution in [0.15, 0.2) is 12.4 Å². The highest BCUT2D eigenvalue weighted by atomic mass is 16.5. The minimum atomic E-state index is -0.663. The van der Waals surface area contributed by atoms with Gasteiger partial charge >= 0.3 is 0 Å². The molecule has 90 valence electrons. The first-order valence-corrected chi connectivity index (χ1v) is 5.68. The van der Waals surface area contributed by atoms with Crippen LogP contribution in [0.4, 0.5) is 0 Å². The van der Waals surface area contributed by atoms with Gasteiger partial charge in [0, 0.05) is 45.1 Å². The maximum absolute atomic E-state index is 10.00. The predicted octanol–water partition coefficient (Wildman–Crippen LogP) is -0.0675. The fraction of sp³-hybridized carbons (Fsp3) is 0.727. The Hall–Kier alpha value is -0.910. The Labute approximate surface area is 95.4 Å². The van der Waals surface area contributed by atoms with Gasteiger partial charge in [-0.3, -0.25) is 0 Å². The second-order valence-corrected chi connectivity index (χ2v) is 4.37. The van der Waals surface area contributed by atoms with E-state index in [1.54, 1.807) is 6.20 Å². The summed E-state index contributed by atoms with van der Waals surface area (Å²) in [4.78, 5) is 4.15. The molecule has 2 heterocycles. The van der Waals surface area contributed by atoms with Crippen molar-refractivity contribution in [2.75, 3.05) is 26.3 Å². The fourth-order valence-electron chi connectivity index (χ4n) is 1.90. The first-order valence-electron chi connectivity index (χ1n) is 5.68. The molecule has 5 nitrogen and oxygen atoms in total. The molecule has 0 saturated carbocycles. The molecule has 16 heavy (non-hydrogen) atoms. The van der Waals surface area contributed by atoms with Crippen LogP contribution < -0.4 is 5.32 Å². The van der Waals surface area contributed by atoms with E-state index >= 15 is 0 Å². The van der Waals surface area contributed by atoms with Crippen LogP contribution in [0.2, 0.25) is 0 Å². The van der Waals surface area contributed by atoms with Gasteiger partial charge in [0.2, 0.25) is 0 Å². The lowest BCUT2D eigenvalue weighted by molar-refractivity contribution is 0.0271. The average molecular weight is 225 g/mol. The number of aryl methyl sites for hydroxylation is 1. The third-order valence-electron chi connectivity index (χ3n) is 2.99. The van der Waals surface area contributed by atoms with Crippen molar-refractivity contribution in [2.45, 2.75) is 25.5 Å². The number of hydrogen-bond donors (Lipinski definition) is 2. The van der Waals surface area contributed by atoms with E-state index < -0.39 is 5.60 Å². The van der Waals surface area contributed by atoms with E-state index in [0.29, 0.717) is 19.8 Å². The molecule has 0 radical (unpaired) electrons. The van der Waals surface area contributed by atoms with Crippen molar-refractivity contribution in [1.29, 1.82) is 0 Å². The van der Waals surface area contributed by atoms with E-state index in [9.17, 15) is 5.11 Å². The molecule has 1 aliphatic rings. The first kappa shape index (κ1) is 11.6. The lowest BCUT2D eigenvalue weighted by Crippen LogP contribution is -2.41. The van der Waals surface area contributed by atoms with Crippen LogP contribution in [0, 0.1) is 6.92 Å². The van der Waals surface area contributed by atoms with E-state index in [2.05, 4.69) is 14.9 Å². The minimum absolute atomic E-state index is 0.449. The Balaban J connectivity index is 1.67. The topological polar surface area (TPSA) is 59.3 Å². The Bertz CT molecular complexity index is 332. The molecule has 1 saturated heterocycles. The summed E-state index contributed by atoms with van der Waals surface area (Å²) in [5.41, 5.74) is -0.663. The van der Waals surface area contributed by atoms with Gasteiger partial charge in [-0.1, -0.05) is 0 Å². The number of aromatic nitrogens is 2. The summed E-state index contributed by atoms with van der Waals surface area (Å²) in [7, 11) is 0. The SMILES string of the molecule is Cc1nccn1CCNCC1(O)CCOC1. The molecule has 0 aromatic carbocycles. The molecule has 1 fully saturated rings. The molecule has 0 bridgehead atoms. The number of aliphatic hydroxyl groups is 1. The smallest absolute Gasteiger partial charge is 0.105 e. The first-order chi connectivity index (χ1) is 7.70. The molecule has 1 atom stereocenters. The van der Waals surface area contributed by atoms with Gasteiger partial charge in [-0.05, 0) is 6.92 Å². The Morgan fingerprint density at radius 2 is 2.56 bits per heavy atom. The van der Waals surface area contributed by atoms with Crippen LogP contribution in [0.1, 0.15) is 12.2 Å². The number of rotatable bonds is 5. The van der Waals surface area contributed by atoms with Gasteiger partial charge in [0.15, 0.2) is 0 Å². The standard InChI is InChI=1S/C11H19N3O2/c1-10-13-4-6-14(10)5-3-12-8-11(15)2-7-16-9-11/h4,6,12,15H,2-3,5,7-9H2,1H3. The number of ether oxygens (including phenoxy) is 1. The molecule has 5 heteroatoms. The normalized spacial score (nSPS) is 25.1. The lowest BCUT2D eigenvalue weighted by atomic mass is 10.0. The summed E-state index contributed by atoms with van der Waals surface area (Å²) in [6.45, 7) is 5.41. The van der Waals surface area contributed by atoms with Crippen molar-refractivity contribution in [3.63, 3.8) is 0 Å². The van der Waals surface area contributed by atoms with Crippen molar-refractivity contribution < 1.29 is 9.84 Å². The van der Waals surface area contributed by atoms with Gasteiger partial charge in [0.25, 0.3) is 0 Å². The fourth-order valence-corrected chi connectivity index (χ4v) is 1.90. The quantitative estimate of drug-likeness (QED) is 0.689. The van der Waals surface area contributed by atoms with Crippen molar-refractivity contribution in [1.82, 2.24) is 14.9 Å². The Morgan fingerprint density at radius 3 is 3.19 bits per heavy atom. The van der Waals surface area contributed by atoms with E-state index in [4.69, 9.17) is 4.74 Å². The molecule has 0 amide bonds. The number of imidazole rings is 1. The average Bonchev–Trinajstić information content (AvgIpc) is 2.84. The molecule has 1 aliphatic heterocycles. The highest BCUT2D eigenvalue weighted by Gasteiger charge is 2.31. The summed E-state index contributed by atoms with van der Waals surface area (Å²) in [5.74, 6) is 1.02. The monoisotopic (exact) mass is 225 g/mol. The summed E-state index contributed by atoms with van der Waals surface area (Å²) in [6.07, 6.45) is 4.49. The van der Waals surface area contributed by atoms with Crippen LogP contribution in [-0.2, 0) is 11.3 Å². The number of nitrogens with one attached hydrogen (secondary N) is 1. The zero-order valence-electron chi connectivity index (χ0n) is 9.65. The van der Waals surface area contributed by atoms with Crippen molar-refractivity contribution >= 4 is 0 Å². The Kier molecular flexibility index (Phi) is 3.58. The third kappa shape index (κ3) is 2.81. The highest BCUT2D eigenvalue weighted by molar-refractivity contribution is 4.89. The van der Waals surface area contributed by atoms with Crippen LogP contribution in [0.25, 0.3) is 0 Å². The maximum atomic E-state index is 10.00. The molecular weight excluding hydrogens is 206 g/mol. The van der Waals surface area contributed by atoms with E-state index in [1.165, 1.54) is 0 Å². The Morgan fingerprint density at radius 1 is 1.69 bits per heavy atom. The van der Waals surface area contributed by atoms with E-state index in [-0.39, 0.29) is 0 Å². The summed E-state index contributed by atoms with van der Waals surface area (Å²) in [6, 6.07) is 0. The van der Waals surface area contributed by atoms with Gasteiger partial charge in [0.05, 0.1) is 6.61 Å². The minimum Gasteiger partial charge on any atom is -0.386 e. The maximum Gasteiger partial charge on any atom is 0.105 e. The van der Waals surface area contributed by atoms with Crippen LogP contribution in [0.3, 0.4) is 0 Å². The molecular formula is C11H19N3O2. The summed E-state index contributed by atoms with van der Waals surface area (Å²) >= 11 is 0. The number of hydrogen-bond acceptors (Lipinski definition) is 4. The molecule has 2 rings (SSSR count). The summed E-state index contributed by atoms with van der Waals surface area (Å²) in [5, 5.41) is 13.3. The third-order valence-corrected chi connectivity index (χ3v) is 2.99. The molecule has 1 aromatic rings. The second kappa shape index (κ2) is 4.95. The van der Waals surface area contributed by atoms with Crippen LogP contribution >= 0.6 is 0 Å². The zero-order valence-corrected chi connectivity index (χ0v) is 9.65. The largest absolute Gasteiger partial charge is 0.386 e. The zero-order chi connectivity index (χ0) is 11.4. The lowest BCUT2D eigenvalue weighted by Gasteiger charge is -2.20. The van der Waals surface area contributed by atoms with Crippen molar-refractivity contribution in [3.05, 3.63) is 18.2 Å². The highest BCUT2D eigenvalue weighted by Crippen LogP contribution is 2.16. The molecule has 1 aromatic heterocycles. The summed E-state index contributed by atoms with van der Waals surface area (Å²) < 4.78 is 7.26. The van der Waals surface area contributed by atoms with Crippen LogP contribution in [0.5, 0.6) is 0 Å². The van der Waals surface area contributed by atoms with Gasteiger partial charge in [-0.15, -0.1) is 0 Å². The van der Waals surface area contributed by atoms with Gasteiger partial charge in [-0.25, -0.2) is 4.98 Å². The predicted molar refractivity (Wildman–Crippen MR) is 60.2 cm³/mol. The van der Waals surface area contributed by atoms with Gasteiger partial charge < -0.3 is 19.7 Å². The van der Waals surface area contributed by atoms with Crippen molar-refractivity contribution in [2.24, 2.45) is 0 Å². The molecule has 1 unspecified atom stereocenters.